The summed E-state index contributed by atoms with van der Waals surface area (Å²) in [7, 11) is 2.07. The van der Waals surface area contributed by atoms with Gasteiger partial charge in [0, 0.05) is 24.4 Å². The van der Waals surface area contributed by atoms with E-state index >= 15 is 0 Å². The molecule has 70 valence electrons. The van der Waals surface area contributed by atoms with Crippen molar-refractivity contribution in [3.63, 3.8) is 0 Å². The van der Waals surface area contributed by atoms with Crippen LogP contribution in [0.15, 0.2) is 36.5 Å². The van der Waals surface area contributed by atoms with Gasteiger partial charge in [0.05, 0.1) is 5.69 Å². The standard InChI is InChI=1S/C12H11NO/c1-13-7-6-9-8-14-11-5-3-2-4-10(11)12(9)13/h2-7H,8H2,1H3. The molecule has 0 atom stereocenters. The van der Waals surface area contributed by atoms with Crippen LogP contribution in [0.1, 0.15) is 5.56 Å². The molecule has 1 aliphatic rings. The molecule has 0 bridgehead atoms. The quantitative estimate of drug-likeness (QED) is 0.615. The zero-order valence-corrected chi connectivity index (χ0v) is 8.03. The fourth-order valence-corrected chi connectivity index (χ4v) is 2.00. The monoisotopic (exact) mass is 185 g/mol. The van der Waals surface area contributed by atoms with Crippen LogP contribution in [-0.2, 0) is 13.7 Å². The average Bonchev–Trinajstić information content (AvgIpc) is 2.61. The Morgan fingerprint density at radius 2 is 2.07 bits per heavy atom. The Morgan fingerprint density at radius 3 is 3.00 bits per heavy atom. The van der Waals surface area contributed by atoms with Crippen molar-refractivity contribution in [2.24, 2.45) is 7.05 Å². The van der Waals surface area contributed by atoms with Crippen molar-refractivity contribution in [3.8, 4) is 17.0 Å². The van der Waals surface area contributed by atoms with E-state index in [-0.39, 0.29) is 0 Å². The smallest absolute Gasteiger partial charge is 0.129 e. The largest absolute Gasteiger partial charge is 0.488 e. The van der Waals surface area contributed by atoms with Gasteiger partial charge in [0.2, 0.25) is 0 Å². The summed E-state index contributed by atoms with van der Waals surface area (Å²) >= 11 is 0. The second-order valence-electron chi connectivity index (χ2n) is 3.59. The molecule has 0 radical (unpaired) electrons. The fraction of sp³-hybridized carbons (Fsp3) is 0.167. The van der Waals surface area contributed by atoms with E-state index in [9.17, 15) is 0 Å². The molecule has 0 saturated heterocycles. The van der Waals surface area contributed by atoms with Crippen molar-refractivity contribution in [1.82, 2.24) is 4.57 Å². The summed E-state index contributed by atoms with van der Waals surface area (Å²) in [5.41, 5.74) is 3.75. The van der Waals surface area contributed by atoms with Crippen LogP contribution >= 0.6 is 0 Å². The second-order valence-corrected chi connectivity index (χ2v) is 3.59. The van der Waals surface area contributed by atoms with Crippen molar-refractivity contribution < 1.29 is 4.74 Å². The van der Waals surface area contributed by atoms with Crippen LogP contribution in [0.4, 0.5) is 0 Å². The predicted molar refractivity (Wildman–Crippen MR) is 55.2 cm³/mol. The van der Waals surface area contributed by atoms with E-state index in [0.717, 1.165) is 5.75 Å². The highest BCUT2D eigenvalue weighted by molar-refractivity contribution is 5.72. The molecule has 0 fully saturated rings. The zero-order valence-electron chi connectivity index (χ0n) is 8.03. The lowest BCUT2D eigenvalue weighted by atomic mass is 10.1. The first-order chi connectivity index (χ1) is 6.86. The number of ether oxygens (including phenoxy) is 1. The normalized spacial score (nSPS) is 12.9. The first-order valence-electron chi connectivity index (χ1n) is 4.72. The molecule has 0 aliphatic carbocycles. The number of para-hydroxylation sites is 1. The molecule has 2 aromatic rings. The molecule has 2 heteroatoms. The number of hydrogen-bond acceptors (Lipinski definition) is 1. The molecular weight excluding hydrogens is 174 g/mol. The lowest BCUT2D eigenvalue weighted by Crippen LogP contribution is -2.05. The van der Waals surface area contributed by atoms with Crippen LogP contribution in [-0.4, -0.2) is 4.57 Å². The summed E-state index contributed by atoms with van der Waals surface area (Å²) in [5.74, 6) is 0.988. The Balaban J connectivity index is 2.32. The Hall–Kier alpha value is -1.70. The van der Waals surface area contributed by atoms with E-state index in [4.69, 9.17) is 4.74 Å². The summed E-state index contributed by atoms with van der Waals surface area (Å²) in [5, 5.41) is 0. The third kappa shape index (κ3) is 0.909. The summed E-state index contributed by atoms with van der Waals surface area (Å²) in [4.78, 5) is 0. The van der Waals surface area contributed by atoms with Crippen molar-refractivity contribution in [3.05, 3.63) is 42.1 Å². The lowest BCUT2D eigenvalue weighted by Gasteiger charge is -2.18. The number of fused-ring (bicyclic) bond motifs is 3. The summed E-state index contributed by atoms with van der Waals surface area (Å²) in [6.07, 6.45) is 2.08. The van der Waals surface area contributed by atoms with Crippen LogP contribution in [0.25, 0.3) is 11.3 Å². The Bertz CT molecular complexity index is 485. The van der Waals surface area contributed by atoms with Crippen molar-refractivity contribution in [1.29, 1.82) is 0 Å². The zero-order chi connectivity index (χ0) is 9.54. The van der Waals surface area contributed by atoms with Gasteiger partial charge in [0.25, 0.3) is 0 Å². The van der Waals surface area contributed by atoms with Gasteiger partial charge in [-0.25, -0.2) is 0 Å². The van der Waals surface area contributed by atoms with Crippen LogP contribution < -0.4 is 4.74 Å². The number of nitrogens with zero attached hydrogens (tertiary/aromatic N) is 1. The number of rotatable bonds is 0. The number of benzene rings is 1. The minimum atomic E-state index is 0.688. The minimum absolute atomic E-state index is 0.688. The van der Waals surface area contributed by atoms with E-state index in [1.54, 1.807) is 0 Å². The highest BCUT2D eigenvalue weighted by Crippen LogP contribution is 2.37. The molecule has 2 nitrogen and oxygen atoms in total. The van der Waals surface area contributed by atoms with Gasteiger partial charge in [-0.05, 0) is 18.2 Å². The van der Waals surface area contributed by atoms with Crippen LogP contribution in [0.5, 0.6) is 5.75 Å². The second kappa shape index (κ2) is 2.64. The number of aryl methyl sites for hydroxylation is 1. The van der Waals surface area contributed by atoms with Gasteiger partial charge in [0.15, 0.2) is 0 Å². The molecule has 0 saturated carbocycles. The van der Waals surface area contributed by atoms with Crippen molar-refractivity contribution >= 4 is 0 Å². The van der Waals surface area contributed by atoms with Gasteiger partial charge in [0.1, 0.15) is 12.4 Å². The predicted octanol–water partition coefficient (Wildman–Crippen LogP) is 2.58. The Labute approximate surface area is 82.7 Å². The van der Waals surface area contributed by atoms with Gasteiger partial charge in [-0.3, -0.25) is 0 Å². The van der Waals surface area contributed by atoms with E-state index in [2.05, 4.69) is 29.9 Å². The highest BCUT2D eigenvalue weighted by Gasteiger charge is 2.18. The molecule has 14 heavy (non-hydrogen) atoms. The summed E-state index contributed by atoms with van der Waals surface area (Å²) < 4.78 is 7.80. The lowest BCUT2D eigenvalue weighted by molar-refractivity contribution is 0.302. The van der Waals surface area contributed by atoms with Crippen LogP contribution in [0.3, 0.4) is 0 Å². The highest BCUT2D eigenvalue weighted by atomic mass is 16.5. The molecule has 3 rings (SSSR count). The van der Waals surface area contributed by atoms with Gasteiger partial charge in [-0.15, -0.1) is 0 Å². The van der Waals surface area contributed by atoms with E-state index in [0.29, 0.717) is 6.61 Å². The first-order valence-corrected chi connectivity index (χ1v) is 4.72. The summed E-state index contributed by atoms with van der Waals surface area (Å²) in [6.45, 7) is 0.688. The van der Waals surface area contributed by atoms with Gasteiger partial charge in [-0.1, -0.05) is 12.1 Å². The molecule has 2 heterocycles. The molecule has 0 unspecified atom stereocenters. The van der Waals surface area contributed by atoms with Crippen LogP contribution in [0.2, 0.25) is 0 Å². The molecular formula is C12H11NO. The minimum Gasteiger partial charge on any atom is -0.488 e. The molecule has 1 aliphatic heterocycles. The topological polar surface area (TPSA) is 14.2 Å². The third-order valence-electron chi connectivity index (χ3n) is 2.68. The maximum atomic E-state index is 5.65. The van der Waals surface area contributed by atoms with Crippen molar-refractivity contribution in [2.75, 3.05) is 0 Å². The fourth-order valence-electron chi connectivity index (χ4n) is 2.00. The van der Waals surface area contributed by atoms with E-state index in [1.807, 2.05) is 18.2 Å². The third-order valence-corrected chi connectivity index (χ3v) is 2.68. The Morgan fingerprint density at radius 1 is 1.21 bits per heavy atom. The van der Waals surface area contributed by atoms with E-state index in [1.165, 1.54) is 16.8 Å². The molecule has 0 amide bonds. The molecule has 0 N–H and O–H groups in total. The average molecular weight is 185 g/mol. The molecule has 0 spiro atoms. The van der Waals surface area contributed by atoms with Crippen molar-refractivity contribution in [2.45, 2.75) is 6.61 Å². The Kier molecular flexibility index (Phi) is 1.45. The number of aromatic nitrogens is 1. The van der Waals surface area contributed by atoms with Gasteiger partial charge in [-0.2, -0.15) is 0 Å². The SMILES string of the molecule is Cn1ccc2c1-c1ccccc1OC2. The molecule has 1 aromatic carbocycles. The maximum Gasteiger partial charge on any atom is 0.129 e. The maximum absolute atomic E-state index is 5.65. The first kappa shape index (κ1) is 7.68. The van der Waals surface area contributed by atoms with Crippen LogP contribution in [0, 0.1) is 0 Å². The summed E-state index contributed by atoms with van der Waals surface area (Å²) in [6, 6.07) is 10.3. The molecule has 1 aromatic heterocycles. The van der Waals surface area contributed by atoms with Gasteiger partial charge >= 0.3 is 0 Å². The number of hydrogen-bond donors (Lipinski definition) is 0. The van der Waals surface area contributed by atoms with E-state index < -0.39 is 0 Å². The van der Waals surface area contributed by atoms with Gasteiger partial charge < -0.3 is 9.30 Å².